The molecule has 1 rings (SSSR count). The standard InChI is InChI=1S/C11H14N2O2S/c1-2-6-16-7-5-12-9-3-4-10(11(14)15)13-8-9/h2-4,8,12H,1,5-7H2,(H,14,15). The topological polar surface area (TPSA) is 62.2 Å². The van der Waals surface area contributed by atoms with E-state index < -0.39 is 5.97 Å². The third-order valence-electron chi connectivity index (χ3n) is 1.79. The average Bonchev–Trinajstić information content (AvgIpc) is 2.29. The molecule has 0 bridgehead atoms. The van der Waals surface area contributed by atoms with Gasteiger partial charge in [0, 0.05) is 18.1 Å². The molecule has 0 saturated carbocycles. The van der Waals surface area contributed by atoms with Gasteiger partial charge in [-0.2, -0.15) is 11.8 Å². The lowest BCUT2D eigenvalue weighted by Gasteiger charge is -2.05. The van der Waals surface area contributed by atoms with Gasteiger partial charge in [-0.25, -0.2) is 9.78 Å². The van der Waals surface area contributed by atoms with Gasteiger partial charge >= 0.3 is 5.97 Å². The van der Waals surface area contributed by atoms with Crippen LogP contribution >= 0.6 is 11.8 Å². The van der Waals surface area contributed by atoms with E-state index in [0.717, 1.165) is 23.7 Å². The van der Waals surface area contributed by atoms with Crippen molar-refractivity contribution in [3.63, 3.8) is 0 Å². The molecule has 0 fully saturated rings. The number of anilines is 1. The van der Waals surface area contributed by atoms with E-state index in [9.17, 15) is 4.79 Å². The van der Waals surface area contributed by atoms with Gasteiger partial charge in [-0.15, -0.1) is 6.58 Å². The molecule has 1 heterocycles. The van der Waals surface area contributed by atoms with Crippen molar-refractivity contribution in [3.8, 4) is 0 Å². The first-order valence-corrected chi connectivity index (χ1v) is 6.01. The number of pyridine rings is 1. The molecular formula is C11H14N2O2S. The van der Waals surface area contributed by atoms with Gasteiger partial charge in [0.2, 0.25) is 0 Å². The van der Waals surface area contributed by atoms with Crippen LogP contribution in [0, 0.1) is 0 Å². The van der Waals surface area contributed by atoms with Crippen molar-refractivity contribution in [2.45, 2.75) is 0 Å². The lowest BCUT2D eigenvalue weighted by molar-refractivity contribution is 0.0690. The largest absolute Gasteiger partial charge is 0.477 e. The predicted octanol–water partition coefficient (Wildman–Crippen LogP) is 2.11. The normalized spacial score (nSPS) is 9.75. The summed E-state index contributed by atoms with van der Waals surface area (Å²) in [5, 5.41) is 11.8. The smallest absolute Gasteiger partial charge is 0.354 e. The summed E-state index contributed by atoms with van der Waals surface area (Å²) < 4.78 is 0. The van der Waals surface area contributed by atoms with Crippen molar-refractivity contribution >= 4 is 23.4 Å². The summed E-state index contributed by atoms with van der Waals surface area (Å²) in [5.41, 5.74) is 0.899. The number of nitrogens with one attached hydrogen (secondary N) is 1. The summed E-state index contributed by atoms with van der Waals surface area (Å²) in [5.74, 6) is 0.915. The molecule has 0 aliphatic rings. The summed E-state index contributed by atoms with van der Waals surface area (Å²) in [6.07, 6.45) is 3.40. The summed E-state index contributed by atoms with van der Waals surface area (Å²) in [6, 6.07) is 3.20. The second-order valence-corrected chi connectivity index (χ2v) is 4.18. The van der Waals surface area contributed by atoms with Gasteiger partial charge in [0.15, 0.2) is 0 Å². The lowest BCUT2D eigenvalue weighted by atomic mass is 10.3. The average molecular weight is 238 g/mol. The fraction of sp³-hybridized carbons (Fsp3) is 0.273. The van der Waals surface area contributed by atoms with Crippen molar-refractivity contribution in [1.29, 1.82) is 0 Å². The molecule has 5 heteroatoms. The minimum atomic E-state index is -1.01. The summed E-state index contributed by atoms with van der Waals surface area (Å²) in [4.78, 5) is 14.4. The van der Waals surface area contributed by atoms with Crippen molar-refractivity contribution in [2.75, 3.05) is 23.4 Å². The van der Waals surface area contributed by atoms with Gasteiger partial charge in [0.1, 0.15) is 5.69 Å². The number of carbonyl (C=O) groups is 1. The van der Waals surface area contributed by atoms with Crippen molar-refractivity contribution < 1.29 is 9.90 Å². The third-order valence-corrected chi connectivity index (χ3v) is 2.76. The van der Waals surface area contributed by atoms with E-state index in [2.05, 4.69) is 16.9 Å². The van der Waals surface area contributed by atoms with Crippen molar-refractivity contribution in [2.24, 2.45) is 0 Å². The summed E-state index contributed by atoms with van der Waals surface area (Å²) in [7, 11) is 0. The SMILES string of the molecule is C=CCSCCNc1ccc(C(=O)O)nc1. The Morgan fingerprint density at radius 1 is 1.62 bits per heavy atom. The molecular weight excluding hydrogens is 224 g/mol. The number of thioether (sulfide) groups is 1. The van der Waals surface area contributed by atoms with Gasteiger partial charge in [-0.05, 0) is 12.1 Å². The number of nitrogens with zero attached hydrogens (tertiary/aromatic N) is 1. The molecule has 1 aromatic heterocycles. The predicted molar refractivity (Wildman–Crippen MR) is 67.2 cm³/mol. The summed E-state index contributed by atoms with van der Waals surface area (Å²) in [6.45, 7) is 4.46. The second kappa shape index (κ2) is 6.90. The Morgan fingerprint density at radius 3 is 3.00 bits per heavy atom. The Kier molecular flexibility index (Phi) is 5.42. The molecule has 0 unspecified atom stereocenters. The number of carboxylic acids is 1. The highest BCUT2D eigenvalue weighted by atomic mass is 32.2. The monoisotopic (exact) mass is 238 g/mol. The van der Waals surface area contributed by atoms with Crippen LogP contribution < -0.4 is 5.32 Å². The fourth-order valence-corrected chi connectivity index (χ4v) is 1.64. The quantitative estimate of drug-likeness (QED) is 0.562. The van der Waals surface area contributed by atoms with E-state index in [1.165, 1.54) is 12.3 Å². The van der Waals surface area contributed by atoms with Crippen molar-refractivity contribution in [3.05, 3.63) is 36.7 Å². The first-order chi connectivity index (χ1) is 7.74. The minimum Gasteiger partial charge on any atom is -0.477 e. The van der Waals surface area contributed by atoms with Crippen LogP contribution in [0.1, 0.15) is 10.5 Å². The van der Waals surface area contributed by atoms with Crippen LogP contribution in [0.3, 0.4) is 0 Å². The molecule has 1 aromatic rings. The number of carboxylic acid groups (broad SMARTS) is 1. The van der Waals surface area contributed by atoms with Crippen molar-refractivity contribution in [1.82, 2.24) is 4.98 Å². The molecule has 0 spiro atoms. The molecule has 0 saturated heterocycles. The zero-order valence-corrected chi connectivity index (χ0v) is 9.67. The van der Waals surface area contributed by atoms with Gasteiger partial charge in [-0.1, -0.05) is 6.08 Å². The number of rotatable bonds is 7. The maximum Gasteiger partial charge on any atom is 0.354 e. The maximum absolute atomic E-state index is 10.5. The molecule has 0 aromatic carbocycles. The molecule has 86 valence electrons. The van der Waals surface area contributed by atoms with E-state index in [0.29, 0.717) is 0 Å². The zero-order chi connectivity index (χ0) is 11.8. The maximum atomic E-state index is 10.5. The van der Waals surface area contributed by atoms with Gasteiger partial charge in [-0.3, -0.25) is 0 Å². The number of hydrogen-bond acceptors (Lipinski definition) is 4. The number of aromatic carboxylic acids is 1. The molecule has 16 heavy (non-hydrogen) atoms. The highest BCUT2D eigenvalue weighted by Gasteiger charge is 2.02. The van der Waals surface area contributed by atoms with Crippen LogP contribution in [0.4, 0.5) is 5.69 Å². The van der Waals surface area contributed by atoms with Crippen LogP contribution in [-0.2, 0) is 0 Å². The van der Waals surface area contributed by atoms with E-state index in [1.54, 1.807) is 17.8 Å². The minimum absolute atomic E-state index is 0.0617. The molecule has 2 N–H and O–H groups in total. The van der Waals surface area contributed by atoms with Crippen LogP contribution in [0.15, 0.2) is 31.0 Å². The van der Waals surface area contributed by atoms with Crippen LogP contribution in [-0.4, -0.2) is 34.1 Å². The fourth-order valence-electron chi connectivity index (χ4n) is 1.06. The molecule has 0 aliphatic heterocycles. The van der Waals surface area contributed by atoms with E-state index in [4.69, 9.17) is 5.11 Å². The van der Waals surface area contributed by atoms with E-state index in [-0.39, 0.29) is 5.69 Å². The Hall–Kier alpha value is -1.49. The Labute approximate surface area is 98.8 Å². The highest BCUT2D eigenvalue weighted by Crippen LogP contribution is 2.07. The Balaban J connectivity index is 2.32. The van der Waals surface area contributed by atoms with E-state index in [1.807, 2.05) is 6.08 Å². The zero-order valence-electron chi connectivity index (χ0n) is 8.85. The molecule has 0 aliphatic carbocycles. The molecule has 0 radical (unpaired) electrons. The first-order valence-electron chi connectivity index (χ1n) is 4.86. The third kappa shape index (κ3) is 4.35. The van der Waals surface area contributed by atoms with Crippen LogP contribution in [0.2, 0.25) is 0 Å². The second-order valence-electron chi connectivity index (χ2n) is 3.03. The van der Waals surface area contributed by atoms with Crippen LogP contribution in [0.5, 0.6) is 0 Å². The number of aromatic nitrogens is 1. The highest BCUT2D eigenvalue weighted by molar-refractivity contribution is 7.99. The van der Waals surface area contributed by atoms with Gasteiger partial charge in [0.05, 0.1) is 11.9 Å². The van der Waals surface area contributed by atoms with Gasteiger partial charge < -0.3 is 10.4 Å². The Bertz CT molecular complexity index is 352. The number of hydrogen-bond donors (Lipinski definition) is 2. The summed E-state index contributed by atoms with van der Waals surface area (Å²) >= 11 is 1.79. The molecule has 4 nitrogen and oxygen atoms in total. The van der Waals surface area contributed by atoms with Crippen LogP contribution in [0.25, 0.3) is 0 Å². The van der Waals surface area contributed by atoms with Gasteiger partial charge in [0.25, 0.3) is 0 Å². The van der Waals surface area contributed by atoms with E-state index >= 15 is 0 Å². The Morgan fingerprint density at radius 2 is 2.44 bits per heavy atom. The molecule has 0 amide bonds. The first kappa shape index (κ1) is 12.6. The lowest BCUT2D eigenvalue weighted by Crippen LogP contribution is -2.06. The molecule has 0 atom stereocenters.